The van der Waals surface area contributed by atoms with Crippen molar-refractivity contribution < 1.29 is 4.39 Å². The van der Waals surface area contributed by atoms with Crippen LogP contribution in [-0.4, -0.2) is 51.1 Å². The summed E-state index contributed by atoms with van der Waals surface area (Å²) in [6.45, 7) is 4.75. The normalized spacial score (nSPS) is 15.2. The van der Waals surface area contributed by atoms with Crippen molar-refractivity contribution in [3.05, 3.63) is 36.4 Å². The van der Waals surface area contributed by atoms with Gasteiger partial charge in [-0.25, -0.2) is 24.3 Å². The highest BCUT2D eigenvalue weighted by molar-refractivity contribution is 5.86. The maximum atomic E-state index is 14.4. The summed E-state index contributed by atoms with van der Waals surface area (Å²) < 4.78 is 14.4. The van der Waals surface area contributed by atoms with Crippen LogP contribution < -0.4 is 9.80 Å². The highest BCUT2D eigenvalue weighted by Gasteiger charge is 2.24. The number of H-pyrrole nitrogens is 1. The summed E-state index contributed by atoms with van der Waals surface area (Å²) in [5.74, 6) is 0.985. The first-order valence-electron chi connectivity index (χ1n) is 8.05. The van der Waals surface area contributed by atoms with Crippen LogP contribution in [0.4, 0.5) is 16.0 Å². The highest BCUT2D eigenvalue weighted by Crippen LogP contribution is 2.24. The molecule has 124 valence electrons. The van der Waals surface area contributed by atoms with Gasteiger partial charge in [0, 0.05) is 32.4 Å². The number of rotatable bonds is 3. The molecule has 0 amide bonds. The van der Waals surface area contributed by atoms with Gasteiger partial charge in [0.2, 0.25) is 0 Å². The van der Waals surface area contributed by atoms with Gasteiger partial charge in [0.15, 0.2) is 17.5 Å². The lowest BCUT2D eigenvalue weighted by atomic mass is 10.2. The van der Waals surface area contributed by atoms with Crippen LogP contribution in [0.5, 0.6) is 0 Å². The van der Waals surface area contributed by atoms with Crippen molar-refractivity contribution >= 4 is 22.7 Å². The van der Waals surface area contributed by atoms with Gasteiger partial charge in [-0.3, -0.25) is 0 Å². The quantitative estimate of drug-likeness (QED) is 0.790. The fourth-order valence-electron chi connectivity index (χ4n) is 3.09. The van der Waals surface area contributed by atoms with Crippen LogP contribution in [0.25, 0.3) is 11.0 Å². The van der Waals surface area contributed by atoms with Crippen LogP contribution in [0.15, 0.2) is 24.9 Å². The number of aryl methyl sites for hydroxylation is 1. The number of aromatic amines is 1. The molecule has 1 aliphatic rings. The molecule has 0 bridgehead atoms. The van der Waals surface area contributed by atoms with Crippen LogP contribution in [0.1, 0.15) is 12.6 Å². The number of halogens is 1. The van der Waals surface area contributed by atoms with Crippen LogP contribution >= 0.6 is 0 Å². The molecule has 1 aliphatic heterocycles. The average Bonchev–Trinajstić information content (AvgIpc) is 3.11. The molecule has 3 aromatic heterocycles. The van der Waals surface area contributed by atoms with E-state index in [-0.39, 0.29) is 5.82 Å². The predicted molar refractivity (Wildman–Crippen MR) is 89.7 cm³/mol. The number of fused-ring (bicyclic) bond motifs is 1. The van der Waals surface area contributed by atoms with Crippen molar-refractivity contribution in [1.82, 2.24) is 24.9 Å². The molecule has 7 nitrogen and oxygen atoms in total. The Morgan fingerprint density at radius 3 is 2.42 bits per heavy atom. The van der Waals surface area contributed by atoms with Gasteiger partial charge in [0.25, 0.3) is 0 Å². The summed E-state index contributed by atoms with van der Waals surface area (Å²) in [7, 11) is 0. The summed E-state index contributed by atoms with van der Waals surface area (Å²) in [5.41, 5.74) is 2.30. The molecular formula is C16H18FN7. The van der Waals surface area contributed by atoms with Gasteiger partial charge >= 0.3 is 0 Å². The average molecular weight is 327 g/mol. The lowest BCUT2D eigenvalue weighted by Crippen LogP contribution is -2.47. The van der Waals surface area contributed by atoms with E-state index in [4.69, 9.17) is 0 Å². The molecule has 1 fully saturated rings. The Morgan fingerprint density at radius 2 is 1.67 bits per heavy atom. The van der Waals surface area contributed by atoms with Crippen molar-refractivity contribution in [2.45, 2.75) is 13.3 Å². The molecule has 0 saturated carbocycles. The molecule has 24 heavy (non-hydrogen) atoms. The van der Waals surface area contributed by atoms with E-state index >= 15 is 0 Å². The first-order chi connectivity index (χ1) is 11.8. The molecule has 0 atom stereocenters. The summed E-state index contributed by atoms with van der Waals surface area (Å²) in [4.78, 5) is 24.1. The Balaban J connectivity index is 1.54. The smallest absolute Gasteiger partial charge is 0.187 e. The number of piperazine rings is 1. The molecule has 0 radical (unpaired) electrons. The molecule has 8 heteroatoms. The second-order valence-electron chi connectivity index (χ2n) is 5.72. The minimum absolute atomic E-state index is 0.303. The highest BCUT2D eigenvalue weighted by atomic mass is 19.1. The lowest BCUT2D eigenvalue weighted by Gasteiger charge is -2.36. The van der Waals surface area contributed by atoms with E-state index in [9.17, 15) is 4.39 Å². The van der Waals surface area contributed by atoms with Crippen molar-refractivity contribution in [2.75, 3.05) is 36.0 Å². The molecule has 1 N–H and O–H groups in total. The molecule has 3 aromatic rings. The molecule has 0 unspecified atom stereocenters. The zero-order chi connectivity index (χ0) is 16.5. The number of hydrogen-bond donors (Lipinski definition) is 1. The van der Waals surface area contributed by atoms with Gasteiger partial charge in [-0.2, -0.15) is 0 Å². The Kier molecular flexibility index (Phi) is 3.72. The first-order valence-corrected chi connectivity index (χ1v) is 8.05. The van der Waals surface area contributed by atoms with E-state index in [1.807, 2.05) is 24.1 Å². The minimum Gasteiger partial charge on any atom is -0.357 e. The van der Waals surface area contributed by atoms with Crippen LogP contribution in [0.2, 0.25) is 0 Å². The zero-order valence-electron chi connectivity index (χ0n) is 13.4. The molecule has 4 rings (SSSR count). The van der Waals surface area contributed by atoms with E-state index in [0.717, 1.165) is 29.9 Å². The summed E-state index contributed by atoms with van der Waals surface area (Å²) in [6, 6.07) is 1.93. The standard InChI is InChI=1S/C16H18FN7/c1-2-11-13(17)15(21-9-19-11)23-5-7-24(8-6-23)16-14-12(3-4-18-14)20-10-22-16/h3-4,9-10,18H,2,5-8H2,1H3. The summed E-state index contributed by atoms with van der Waals surface area (Å²) in [6.07, 6.45) is 5.45. The largest absolute Gasteiger partial charge is 0.357 e. The number of hydrogen-bond acceptors (Lipinski definition) is 6. The van der Waals surface area contributed by atoms with E-state index in [0.29, 0.717) is 31.0 Å². The Morgan fingerprint density at radius 1 is 1.00 bits per heavy atom. The van der Waals surface area contributed by atoms with Gasteiger partial charge in [-0.15, -0.1) is 0 Å². The first kappa shape index (κ1) is 14.8. The summed E-state index contributed by atoms with van der Waals surface area (Å²) >= 11 is 0. The Bertz CT molecular complexity index is 855. The molecule has 0 spiro atoms. The van der Waals surface area contributed by atoms with Crippen LogP contribution in [0.3, 0.4) is 0 Å². The fourth-order valence-corrected chi connectivity index (χ4v) is 3.09. The lowest BCUT2D eigenvalue weighted by molar-refractivity contribution is 0.568. The molecule has 4 heterocycles. The van der Waals surface area contributed by atoms with E-state index < -0.39 is 0 Å². The van der Waals surface area contributed by atoms with Gasteiger partial charge in [0.05, 0.1) is 11.2 Å². The SMILES string of the molecule is CCc1ncnc(N2CCN(c3ncnc4cc[nH]c34)CC2)c1F. The molecular weight excluding hydrogens is 309 g/mol. The topological polar surface area (TPSA) is 73.8 Å². The second-order valence-corrected chi connectivity index (χ2v) is 5.72. The molecule has 1 saturated heterocycles. The summed E-state index contributed by atoms with van der Waals surface area (Å²) in [5, 5.41) is 0. The van der Waals surface area contributed by atoms with E-state index in [1.165, 1.54) is 6.33 Å². The molecule has 0 aliphatic carbocycles. The third-order valence-electron chi connectivity index (χ3n) is 4.38. The fraction of sp³-hybridized carbons (Fsp3) is 0.375. The van der Waals surface area contributed by atoms with Crippen molar-refractivity contribution in [3.8, 4) is 0 Å². The van der Waals surface area contributed by atoms with Crippen LogP contribution in [0, 0.1) is 5.82 Å². The van der Waals surface area contributed by atoms with Crippen LogP contribution in [-0.2, 0) is 6.42 Å². The van der Waals surface area contributed by atoms with Gasteiger partial charge in [0.1, 0.15) is 18.2 Å². The number of aromatic nitrogens is 5. The molecule has 0 aromatic carbocycles. The number of nitrogens with zero attached hydrogens (tertiary/aromatic N) is 6. The third-order valence-corrected chi connectivity index (χ3v) is 4.38. The van der Waals surface area contributed by atoms with Crippen molar-refractivity contribution in [1.29, 1.82) is 0 Å². The Hall–Kier alpha value is -2.77. The van der Waals surface area contributed by atoms with E-state index in [2.05, 4.69) is 29.8 Å². The number of anilines is 2. The van der Waals surface area contributed by atoms with Gasteiger partial charge in [-0.1, -0.05) is 6.92 Å². The predicted octanol–water partition coefficient (Wildman–Crippen LogP) is 1.78. The minimum atomic E-state index is -0.303. The second kappa shape index (κ2) is 6.03. The third kappa shape index (κ3) is 2.44. The maximum Gasteiger partial charge on any atom is 0.187 e. The maximum absolute atomic E-state index is 14.4. The number of nitrogens with one attached hydrogen (secondary N) is 1. The van der Waals surface area contributed by atoms with Gasteiger partial charge in [-0.05, 0) is 12.5 Å². The van der Waals surface area contributed by atoms with Crippen molar-refractivity contribution in [3.63, 3.8) is 0 Å². The zero-order valence-corrected chi connectivity index (χ0v) is 13.4. The van der Waals surface area contributed by atoms with E-state index in [1.54, 1.807) is 6.33 Å². The van der Waals surface area contributed by atoms with Gasteiger partial charge < -0.3 is 14.8 Å². The monoisotopic (exact) mass is 327 g/mol. The van der Waals surface area contributed by atoms with Crippen molar-refractivity contribution in [2.24, 2.45) is 0 Å². The Labute approximate surface area is 138 Å².